The molecule has 2 aromatic heterocycles. The van der Waals surface area contributed by atoms with Crippen molar-refractivity contribution in [1.29, 1.82) is 0 Å². The van der Waals surface area contributed by atoms with Crippen LogP contribution in [0.1, 0.15) is 31.6 Å². The quantitative estimate of drug-likeness (QED) is 0.658. The van der Waals surface area contributed by atoms with Crippen LogP contribution in [0.25, 0.3) is 10.2 Å². The Bertz CT molecular complexity index is 626. The zero-order chi connectivity index (χ0) is 14.7. The number of hydrogen-bond acceptors (Lipinski definition) is 5. The lowest BCUT2D eigenvalue weighted by atomic mass is 10.2. The molecule has 20 heavy (non-hydrogen) atoms. The van der Waals surface area contributed by atoms with Crippen LogP contribution in [0.15, 0.2) is 6.07 Å². The molecule has 0 aliphatic heterocycles. The maximum atomic E-state index is 10.8. The van der Waals surface area contributed by atoms with Crippen molar-refractivity contribution >= 4 is 45.0 Å². The van der Waals surface area contributed by atoms with Crippen LogP contribution in [0.4, 0.5) is 5.95 Å². The Morgan fingerprint density at radius 1 is 1.40 bits per heavy atom. The normalized spacial score (nSPS) is 11.1. The fraction of sp³-hybridized carbons (Fsp3) is 0.462. The summed E-state index contributed by atoms with van der Waals surface area (Å²) < 4.78 is 0. The summed E-state index contributed by atoms with van der Waals surface area (Å²) in [7, 11) is 0. The molecule has 0 atom stereocenters. The molecule has 0 unspecified atom stereocenters. The zero-order valence-corrected chi connectivity index (χ0v) is 13.2. The van der Waals surface area contributed by atoms with E-state index in [1.165, 1.54) is 11.8 Å². The Balaban J connectivity index is 2.13. The summed E-state index contributed by atoms with van der Waals surface area (Å²) >= 11 is 7.82. The van der Waals surface area contributed by atoms with Crippen molar-refractivity contribution in [2.75, 3.05) is 18.4 Å². The number of nitrogens with zero attached hydrogens (tertiary/aromatic N) is 2. The Kier molecular flexibility index (Phi) is 4.77. The average Bonchev–Trinajstić information content (AvgIpc) is 2.79. The number of rotatable bonds is 5. The first-order valence-corrected chi connectivity index (χ1v) is 7.62. The van der Waals surface area contributed by atoms with Gasteiger partial charge in [-0.2, -0.15) is 0 Å². The van der Waals surface area contributed by atoms with E-state index in [9.17, 15) is 4.79 Å². The van der Waals surface area contributed by atoms with Gasteiger partial charge < -0.3 is 10.6 Å². The van der Waals surface area contributed by atoms with Crippen LogP contribution in [-0.2, 0) is 4.79 Å². The second-order valence-corrected chi connectivity index (χ2v) is 6.19. The third kappa shape index (κ3) is 3.58. The molecule has 0 aliphatic rings. The second-order valence-electron chi connectivity index (χ2n) is 4.77. The Morgan fingerprint density at radius 2 is 2.15 bits per heavy atom. The van der Waals surface area contributed by atoms with Crippen molar-refractivity contribution in [2.24, 2.45) is 0 Å². The molecule has 0 aliphatic carbocycles. The van der Waals surface area contributed by atoms with Gasteiger partial charge in [-0.1, -0.05) is 25.4 Å². The third-order valence-electron chi connectivity index (χ3n) is 2.72. The second kappa shape index (κ2) is 6.37. The van der Waals surface area contributed by atoms with Crippen LogP contribution in [0.2, 0.25) is 5.15 Å². The molecule has 2 heterocycles. The van der Waals surface area contributed by atoms with E-state index in [2.05, 4.69) is 34.4 Å². The van der Waals surface area contributed by atoms with Crippen LogP contribution in [-0.4, -0.2) is 29.0 Å². The molecule has 0 bridgehead atoms. The minimum absolute atomic E-state index is 0.0546. The smallest absolute Gasteiger partial charge is 0.225 e. The van der Waals surface area contributed by atoms with Crippen molar-refractivity contribution in [3.8, 4) is 0 Å². The van der Waals surface area contributed by atoms with Crippen LogP contribution in [0.5, 0.6) is 0 Å². The molecular formula is C13H17ClN4OS. The molecule has 2 N–H and O–H groups in total. The van der Waals surface area contributed by atoms with Gasteiger partial charge in [-0.15, -0.1) is 11.3 Å². The number of aromatic nitrogens is 2. The summed E-state index contributed by atoms with van der Waals surface area (Å²) in [5.41, 5.74) is 0. The number of carbonyl (C=O) groups is 1. The fourth-order valence-corrected chi connectivity index (χ4v) is 3.00. The zero-order valence-electron chi connectivity index (χ0n) is 11.7. The Labute approximate surface area is 126 Å². The van der Waals surface area contributed by atoms with Crippen LogP contribution < -0.4 is 10.6 Å². The lowest BCUT2D eigenvalue weighted by Crippen LogP contribution is -2.26. The van der Waals surface area contributed by atoms with Crippen LogP contribution >= 0.6 is 22.9 Å². The third-order valence-corrected chi connectivity index (χ3v) is 4.33. The number of thiophene rings is 1. The lowest BCUT2D eigenvalue weighted by Gasteiger charge is -2.05. The van der Waals surface area contributed by atoms with E-state index in [1.54, 1.807) is 11.3 Å². The summed E-state index contributed by atoms with van der Waals surface area (Å²) in [5.74, 6) is 0.882. The van der Waals surface area contributed by atoms with E-state index in [0.717, 1.165) is 10.2 Å². The molecule has 1 amide bonds. The molecule has 0 aromatic carbocycles. The molecule has 2 rings (SSSR count). The first-order chi connectivity index (χ1) is 9.47. The standard InChI is InChI=1S/C13H17ClN4OS/c1-7(2)10-6-9-11(14)17-13(18-12(9)20-10)16-5-4-15-8(3)19/h6-7H,4-5H2,1-3H3,(H,15,19)(H,16,17,18). The molecule has 0 saturated carbocycles. The number of halogens is 1. The molecular weight excluding hydrogens is 296 g/mol. The summed E-state index contributed by atoms with van der Waals surface area (Å²) in [6, 6.07) is 2.05. The molecule has 108 valence electrons. The van der Waals surface area contributed by atoms with E-state index in [4.69, 9.17) is 11.6 Å². The number of hydrogen-bond donors (Lipinski definition) is 2. The maximum Gasteiger partial charge on any atom is 0.225 e. The summed E-state index contributed by atoms with van der Waals surface area (Å²) in [6.45, 7) is 6.84. The predicted octanol–water partition coefficient (Wildman–Crippen LogP) is 3.02. The van der Waals surface area contributed by atoms with E-state index < -0.39 is 0 Å². The molecule has 2 aromatic rings. The minimum Gasteiger partial charge on any atom is -0.355 e. The van der Waals surface area contributed by atoms with Gasteiger partial charge in [0.2, 0.25) is 11.9 Å². The first-order valence-electron chi connectivity index (χ1n) is 6.42. The maximum absolute atomic E-state index is 10.8. The van der Waals surface area contributed by atoms with Crippen LogP contribution in [0, 0.1) is 0 Å². The lowest BCUT2D eigenvalue weighted by molar-refractivity contribution is -0.118. The van der Waals surface area contributed by atoms with E-state index >= 15 is 0 Å². The highest BCUT2D eigenvalue weighted by Crippen LogP contribution is 2.33. The van der Waals surface area contributed by atoms with Gasteiger partial charge in [0, 0.05) is 30.3 Å². The molecule has 0 radical (unpaired) electrons. The minimum atomic E-state index is -0.0546. The fourth-order valence-electron chi connectivity index (χ4n) is 1.68. The molecule has 5 nitrogen and oxygen atoms in total. The van der Waals surface area contributed by atoms with Gasteiger partial charge in [0.15, 0.2) is 0 Å². The molecule has 0 spiro atoms. The highest BCUT2D eigenvalue weighted by atomic mass is 35.5. The Morgan fingerprint density at radius 3 is 2.80 bits per heavy atom. The van der Waals surface area contributed by atoms with Crippen molar-refractivity contribution < 1.29 is 4.79 Å². The van der Waals surface area contributed by atoms with Gasteiger partial charge in [0.1, 0.15) is 9.98 Å². The summed E-state index contributed by atoms with van der Waals surface area (Å²) in [4.78, 5) is 21.6. The van der Waals surface area contributed by atoms with E-state index in [1.807, 2.05) is 6.07 Å². The largest absolute Gasteiger partial charge is 0.355 e. The number of anilines is 1. The molecule has 0 saturated heterocycles. The van der Waals surface area contributed by atoms with Crippen LogP contribution in [0.3, 0.4) is 0 Å². The predicted molar refractivity (Wildman–Crippen MR) is 83.7 cm³/mol. The Hall–Kier alpha value is -1.40. The van der Waals surface area contributed by atoms with Gasteiger partial charge in [0.25, 0.3) is 0 Å². The van der Waals surface area contributed by atoms with Gasteiger partial charge in [-0.25, -0.2) is 9.97 Å². The highest BCUT2D eigenvalue weighted by molar-refractivity contribution is 7.18. The average molecular weight is 313 g/mol. The summed E-state index contributed by atoms with van der Waals surface area (Å²) in [5, 5.41) is 7.11. The van der Waals surface area contributed by atoms with Crippen molar-refractivity contribution in [3.05, 3.63) is 16.1 Å². The molecule has 7 heteroatoms. The van der Waals surface area contributed by atoms with Gasteiger partial charge in [-0.05, 0) is 12.0 Å². The SMILES string of the molecule is CC(=O)NCCNc1nc(Cl)c2cc(C(C)C)sc2n1. The topological polar surface area (TPSA) is 66.9 Å². The van der Waals surface area contributed by atoms with Crippen molar-refractivity contribution in [1.82, 2.24) is 15.3 Å². The van der Waals surface area contributed by atoms with Crippen molar-refractivity contribution in [2.45, 2.75) is 26.7 Å². The van der Waals surface area contributed by atoms with E-state index in [0.29, 0.717) is 30.1 Å². The van der Waals surface area contributed by atoms with Gasteiger partial charge in [0.05, 0.1) is 0 Å². The van der Waals surface area contributed by atoms with Crippen molar-refractivity contribution in [3.63, 3.8) is 0 Å². The monoisotopic (exact) mass is 312 g/mol. The number of amides is 1. The molecule has 0 fully saturated rings. The van der Waals surface area contributed by atoms with Gasteiger partial charge >= 0.3 is 0 Å². The number of carbonyl (C=O) groups excluding carboxylic acids is 1. The summed E-state index contributed by atoms with van der Waals surface area (Å²) in [6.07, 6.45) is 0. The van der Waals surface area contributed by atoms with E-state index in [-0.39, 0.29) is 5.91 Å². The first kappa shape index (κ1) is 15.0. The highest BCUT2D eigenvalue weighted by Gasteiger charge is 2.12. The number of nitrogens with one attached hydrogen (secondary N) is 2. The van der Waals surface area contributed by atoms with Gasteiger partial charge in [-0.3, -0.25) is 4.79 Å². The number of fused-ring (bicyclic) bond motifs is 1.